The zero-order valence-corrected chi connectivity index (χ0v) is 11.4. The van der Waals surface area contributed by atoms with Crippen molar-refractivity contribution in [1.82, 2.24) is 9.97 Å². The number of aliphatic carboxylic acids is 1. The van der Waals surface area contributed by atoms with E-state index in [1.807, 2.05) is 0 Å². The molecule has 0 aliphatic heterocycles. The molecule has 3 rings (SSSR count). The van der Waals surface area contributed by atoms with E-state index >= 15 is 0 Å². The first-order valence-corrected chi connectivity index (χ1v) is 6.95. The number of nitrogens with zero attached hydrogens (tertiary/aromatic N) is 2. The van der Waals surface area contributed by atoms with Crippen LogP contribution in [-0.2, 0) is 24.1 Å². The average molecular weight is 286 g/mol. The number of benzene rings is 1. The minimum absolute atomic E-state index is 0.305. The van der Waals surface area contributed by atoms with Gasteiger partial charge in [0.05, 0.1) is 5.69 Å². The molecule has 5 heteroatoms. The summed E-state index contributed by atoms with van der Waals surface area (Å²) in [4.78, 5) is 20.1. The van der Waals surface area contributed by atoms with Crippen molar-refractivity contribution in [2.24, 2.45) is 0 Å². The van der Waals surface area contributed by atoms with Crippen LogP contribution in [0.4, 0.5) is 4.39 Å². The molecule has 0 saturated heterocycles. The molecule has 0 radical (unpaired) electrons. The van der Waals surface area contributed by atoms with Crippen molar-refractivity contribution in [3.05, 3.63) is 58.9 Å². The highest BCUT2D eigenvalue weighted by Crippen LogP contribution is 2.29. The smallest absolute Gasteiger partial charge is 0.312 e. The van der Waals surface area contributed by atoms with Crippen LogP contribution >= 0.6 is 0 Å². The summed E-state index contributed by atoms with van der Waals surface area (Å²) in [5.74, 6) is -1.95. The molecule has 1 aliphatic carbocycles. The maximum atomic E-state index is 12.9. The number of rotatable bonds is 4. The highest BCUT2D eigenvalue weighted by Gasteiger charge is 2.28. The summed E-state index contributed by atoms with van der Waals surface area (Å²) < 4.78 is 12.9. The summed E-state index contributed by atoms with van der Waals surface area (Å²) in [6, 6.07) is 5.93. The number of carboxylic acid groups (broad SMARTS) is 1. The molecule has 0 bridgehead atoms. The summed E-state index contributed by atoms with van der Waals surface area (Å²) in [5, 5.41) is 9.54. The Balaban J connectivity index is 1.94. The molecule has 108 valence electrons. The lowest BCUT2D eigenvalue weighted by Crippen LogP contribution is -2.18. The molecule has 0 fully saturated rings. The van der Waals surface area contributed by atoms with Gasteiger partial charge in [-0.1, -0.05) is 12.1 Å². The first kappa shape index (κ1) is 13.7. The maximum Gasteiger partial charge on any atom is 0.312 e. The summed E-state index contributed by atoms with van der Waals surface area (Å²) in [7, 11) is 0. The predicted molar refractivity (Wildman–Crippen MR) is 74.5 cm³/mol. The van der Waals surface area contributed by atoms with Crippen molar-refractivity contribution in [3.63, 3.8) is 0 Å². The van der Waals surface area contributed by atoms with Gasteiger partial charge in [-0.25, -0.2) is 14.4 Å². The van der Waals surface area contributed by atoms with Crippen LogP contribution in [0.5, 0.6) is 0 Å². The number of carboxylic acids is 1. The van der Waals surface area contributed by atoms with Crippen LogP contribution in [-0.4, -0.2) is 21.0 Å². The maximum absolute atomic E-state index is 12.9. The Labute approximate surface area is 121 Å². The van der Waals surface area contributed by atoms with E-state index < -0.39 is 11.9 Å². The lowest BCUT2D eigenvalue weighted by atomic mass is 9.92. The summed E-state index contributed by atoms with van der Waals surface area (Å²) >= 11 is 0. The van der Waals surface area contributed by atoms with Crippen LogP contribution in [0.15, 0.2) is 30.6 Å². The monoisotopic (exact) mass is 286 g/mol. The van der Waals surface area contributed by atoms with Crippen molar-refractivity contribution in [2.45, 2.75) is 31.6 Å². The normalized spacial score (nSPS) is 14.7. The molecular weight excluding hydrogens is 271 g/mol. The Morgan fingerprint density at radius 2 is 2.00 bits per heavy atom. The number of aryl methyl sites for hydroxylation is 1. The van der Waals surface area contributed by atoms with E-state index in [1.165, 1.54) is 18.5 Å². The largest absolute Gasteiger partial charge is 0.481 e. The van der Waals surface area contributed by atoms with Gasteiger partial charge in [-0.2, -0.15) is 0 Å². The number of hydrogen-bond donors (Lipinski definition) is 1. The predicted octanol–water partition coefficient (Wildman–Crippen LogP) is 2.52. The number of carbonyl (C=O) groups is 1. The first-order chi connectivity index (χ1) is 10.1. The van der Waals surface area contributed by atoms with E-state index in [2.05, 4.69) is 9.97 Å². The third-order valence-electron chi connectivity index (χ3n) is 3.89. The molecule has 2 aromatic rings. The molecule has 1 atom stereocenters. The quantitative estimate of drug-likeness (QED) is 0.938. The van der Waals surface area contributed by atoms with Gasteiger partial charge >= 0.3 is 5.97 Å². The molecule has 21 heavy (non-hydrogen) atoms. The van der Waals surface area contributed by atoms with Gasteiger partial charge in [0, 0.05) is 5.69 Å². The zero-order chi connectivity index (χ0) is 14.8. The van der Waals surface area contributed by atoms with Crippen LogP contribution in [0.2, 0.25) is 0 Å². The number of aromatic nitrogens is 2. The van der Waals surface area contributed by atoms with E-state index in [0.717, 1.165) is 36.1 Å². The summed E-state index contributed by atoms with van der Waals surface area (Å²) in [5.41, 5.74) is 3.33. The summed E-state index contributed by atoms with van der Waals surface area (Å²) in [6.07, 6.45) is 4.45. The lowest BCUT2D eigenvalue weighted by Gasteiger charge is -2.15. The van der Waals surface area contributed by atoms with Gasteiger partial charge in [0.2, 0.25) is 0 Å². The average Bonchev–Trinajstić information content (AvgIpc) is 2.95. The zero-order valence-electron chi connectivity index (χ0n) is 11.4. The molecule has 0 saturated carbocycles. The Morgan fingerprint density at radius 1 is 1.24 bits per heavy atom. The third kappa shape index (κ3) is 2.77. The van der Waals surface area contributed by atoms with Crippen LogP contribution in [0, 0.1) is 5.82 Å². The highest BCUT2D eigenvalue weighted by molar-refractivity contribution is 5.76. The molecule has 1 aromatic heterocycles. The number of fused-ring (bicyclic) bond motifs is 1. The molecule has 0 spiro atoms. The molecule has 1 heterocycles. The van der Waals surface area contributed by atoms with Crippen molar-refractivity contribution in [2.75, 3.05) is 0 Å². The second-order valence-electron chi connectivity index (χ2n) is 5.26. The van der Waals surface area contributed by atoms with Crippen LogP contribution < -0.4 is 0 Å². The Morgan fingerprint density at radius 3 is 2.71 bits per heavy atom. The fourth-order valence-corrected chi connectivity index (χ4v) is 2.84. The lowest BCUT2D eigenvalue weighted by molar-refractivity contribution is -0.138. The third-order valence-corrected chi connectivity index (χ3v) is 3.89. The van der Waals surface area contributed by atoms with Gasteiger partial charge in [0.15, 0.2) is 0 Å². The topological polar surface area (TPSA) is 63.1 Å². The van der Waals surface area contributed by atoms with Gasteiger partial charge in [-0.05, 0) is 48.9 Å². The molecule has 1 N–H and O–H groups in total. The van der Waals surface area contributed by atoms with Gasteiger partial charge in [-0.3, -0.25) is 4.79 Å². The highest BCUT2D eigenvalue weighted by atomic mass is 19.1. The van der Waals surface area contributed by atoms with Crippen LogP contribution in [0.3, 0.4) is 0 Å². The molecule has 1 unspecified atom stereocenters. The van der Waals surface area contributed by atoms with Crippen molar-refractivity contribution in [1.29, 1.82) is 0 Å². The fourth-order valence-electron chi connectivity index (χ4n) is 2.84. The molecule has 1 aromatic carbocycles. The SMILES string of the molecule is O=C(O)C(Cc1ccc(F)cc1)c1ncnc2c1CCC2. The molecule has 0 amide bonds. The Hall–Kier alpha value is -2.30. The second-order valence-corrected chi connectivity index (χ2v) is 5.26. The van der Waals surface area contributed by atoms with Gasteiger partial charge < -0.3 is 5.11 Å². The van der Waals surface area contributed by atoms with Gasteiger partial charge in [0.1, 0.15) is 18.1 Å². The molecule has 4 nitrogen and oxygen atoms in total. The van der Waals surface area contributed by atoms with Gasteiger partial charge in [-0.15, -0.1) is 0 Å². The van der Waals surface area contributed by atoms with E-state index in [4.69, 9.17) is 0 Å². The van der Waals surface area contributed by atoms with Gasteiger partial charge in [0.25, 0.3) is 0 Å². The number of halogens is 1. The van der Waals surface area contributed by atoms with E-state index in [0.29, 0.717) is 12.1 Å². The van der Waals surface area contributed by atoms with Crippen LogP contribution in [0.1, 0.15) is 34.9 Å². The molecular formula is C16H15FN2O2. The van der Waals surface area contributed by atoms with E-state index in [9.17, 15) is 14.3 Å². The fraction of sp³-hybridized carbons (Fsp3) is 0.312. The number of hydrogen-bond acceptors (Lipinski definition) is 3. The van der Waals surface area contributed by atoms with Crippen LogP contribution in [0.25, 0.3) is 0 Å². The van der Waals surface area contributed by atoms with Crippen molar-refractivity contribution >= 4 is 5.97 Å². The second kappa shape index (κ2) is 5.60. The Kier molecular flexibility index (Phi) is 3.64. The summed E-state index contributed by atoms with van der Waals surface area (Å²) in [6.45, 7) is 0. The standard InChI is InChI=1S/C16H15FN2O2/c17-11-6-4-10(5-7-11)8-13(16(20)21)15-12-2-1-3-14(12)18-9-19-15/h4-7,9,13H,1-3,8H2,(H,20,21). The molecule has 1 aliphatic rings. The first-order valence-electron chi connectivity index (χ1n) is 6.95. The van der Waals surface area contributed by atoms with E-state index in [-0.39, 0.29) is 5.82 Å². The minimum atomic E-state index is -0.910. The Bertz CT molecular complexity index is 670. The van der Waals surface area contributed by atoms with E-state index in [1.54, 1.807) is 12.1 Å². The minimum Gasteiger partial charge on any atom is -0.481 e. The van der Waals surface area contributed by atoms with Crippen molar-refractivity contribution in [3.8, 4) is 0 Å². The van der Waals surface area contributed by atoms with Crippen molar-refractivity contribution < 1.29 is 14.3 Å².